The number of azo groups is 1. The Balaban J connectivity index is 3.57. The Morgan fingerprint density at radius 2 is 2.00 bits per heavy atom. The van der Waals surface area contributed by atoms with Crippen LogP contribution in [0.3, 0.4) is 0 Å². The topological polar surface area (TPSA) is 24.7 Å². The van der Waals surface area contributed by atoms with Gasteiger partial charge in [-0.2, -0.15) is 10.2 Å². The first-order valence-electron chi connectivity index (χ1n) is 2.41. The van der Waals surface area contributed by atoms with Gasteiger partial charge in [0, 0.05) is 12.4 Å². The maximum Gasteiger partial charge on any atom is 0.0482 e. The molecule has 0 aliphatic carbocycles. The molecule has 0 radical (unpaired) electrons. The van der Waals surface area contributed by atoms with E-state index in [1.165, 1.54) is 6.20 Å². The lowest BCUT2D eigenvalue weighted by Gasteiger charge is -1.77. The Kier molecular flexibility index (Phi) is 3.76. The molecule has 0 atom stereocenters. The summed E-state index contributed by atoms with van der Waals surface area (Å²) >= 11 is 0. The van der Waals surface area contributed by atoms with E-state index in [4.69, 9.17) is 0 Å². The molecule has 0 spiro atoms. The Morgan fingerprint density at radius 3 is 2.38 bits per heavy atom. The molecular weight excluding hydrogens is 100 g/mol. The van der Waals surface area contributed by atoms with Gasteiger partial charge in [-0.05, 0) is 13.8 Å². The Morgan fingerprint density at radius 1 is 1.38 bits per heavy atom. The normalized spacial score (nSPS) is 9.25. The van der Waals surface area contributed by atoms with Gasteiger partial charge in [0.25, 0.3) is 0 Å². The highest BCUT2D eigenvalue weighted by Crippen LogP contribution is 1.88. The van der Waals surface area contributed by atoms with E-state index < -0.39 is 0 Å². The van der Waals surface area contributed by atoms with Gasteiger partial charge in [-0.25, -0.2) is 0 Å². The van der Waals surface area contributed by atoms with Crippen molar-refractivity contribution in [2.75, 3.05) is 0 Å². The van der Waals surface area contributed by atoms with E-state index in [0.29, 0.717) is 0 Å². The van der Waals surface area contributed by atoms with Gasteiger partial charge in [0.15, 0.2) is 0 Å². The average molecular weight is 110 g/mol. The maximum atomic E-state index is 3.63. The molecule has 0 aromatic rings. The lowest BCUT2D eigenvalue weighted by atomic mass is 10.4. The molecule has 0 unspecified atom stereocenters. The highest BCUT2D eigenvalue weighted by molar-refractivity contribution is 4.90. The number of hydrogen-bond donors (Lipinski definition) is 0. The lowest BCUT2D eigenvalue weighted by Crippen LogP contribution is -1.56. The van der Waals surface area contributed by atoms with Gasteiger partial charge in [0.1, 0.15) is 0 Å². The van der Waals surface area contributed by atoms with Gasteiger partial charge in [0.05, 0.1) is 0 Å². The molecule has 44 valence electrons. The van der Waals surface area contributed by atoms with E-state index in [1.54, 1.807) is 6.20 Å². The molecule has 2 nitrogen and oxygen atoms in total. The van der Waals surface area contributed by atoms with Crippen LogP contribution in [0.1, 0.15) is 13.8 Å². The fraction of sp³-hybridized carbons (Fsp3) is 0.333. The predicted molar refractivity (Wildman–Crippen MR) is 34.5 cm³/mol. The second kappa shape index (κ2) is 4.24. The van der Waals surface area contributed by atoms with Crippen molar-refractivity contribution in [3.63, 3.8) is 0 Å². The van der Waals surface area contributed by atoms with Crippen molar-refractivity contribution < 1.29 is 0 Å². The second-order valence-electron chi connectivity index (χ2n) is 1.62. The monoisotopic (exact) mass is 110 g/mol. The SMILES string of the molecule is C=CN=NC=C(C)C. The zero-order valence-electron chi connectivity index (χ0n) is 5.26. The van der Waals surface area contributed by atoms with Crippen molar-refractivity contribution in [1.29, 1.82) is 0 Å². The van der Waals surface area contributed by atoms with Crippen LogP contribution in [0.5, 0.6) is 0 Å². The minimum absolute atomic E-state index is 1.13. The van der Waals surface area contributed by atoms with Crippen LogP contribution in [0.25, 0.3) is 0 Å². The molecule has 0 rings (SSSR count). The van der Waals surface area contributed by atoms with Gasteiger partial charge in [-0.15, -0.1) is 0 Å². The zero-order valence-corrected chi connectivity index (χ0v) is 5.26. The van der Waals surface area contributed by atoms with E-state index in [-0.39, 0.29) is 0 Å². The molecule has 0 aromatic carbocycles. The zero-order chi connectivity index (χ0) is 6.41. The summed E-state index contributed by atoms with van der Waals surface area (Å²) in [5.74, 6) is 0. The summed E-state index contributed by atoms with van der Waals surface area (Å²) in [4.78, 5) is 0. The quantitative estimate of drug-likeness (QED) is 0.488. The smallest absolute Gasteiger partial charge is 0.0482 e. The van der Waals surface area contributed by atoms with Gasteiger partial charge in [0.2, 0.25) is 0 Å². The van der Waals surface area contributed by atoms with E-state index in [1.807, 2.05) is 13.8 Å². The second-order valence-corrected chi connectivity index (χ2v) is 1.62. The van der Waals surface area contributed by atoms with E-state index in [2.05, 4.69) is 16.8 Å². The fourth-order valence-electron chi connectivity index (χ4n) is 0.196. The largest absolute Gasteiger partial charge is 0.160 e. The molecule has 2 heteroatoms. The molecule has 0 aromatic heterocycles. The molecule has 0 saturated heterocycles. The summed E-state index contributed by atoms with van der Waals surface area (Å²) in [5.41, 5.74) is 1.13. The Labute approximate surface area is 49.6 Å². The third kappa shape index (κ3) is 5.08. The summed E-state index contributed by atoms with van der Waals surface area (Å²) in [6, 6.07) is 0. The van der Waals surface area contributed by atoms with Gasteiger partial charge >= 0.3 is 0 Å². The highest BCUT2D eigenvalue weighted by atomic mass is 15.1. The van der Waals surface area contributed by atoms with Crippen LogP contribution in [0, 0.1) is 0 Å². The first-order chi connectivity index (χ1) is 3.77. The Bertz CT molecular complexity index is 118. The van der Waals surface area contributed by atoms with E-state index in [9.17, 15) is 0 Å². The summed E-state index contributed by atoms with van der Waals surface area (Å²) in [5, 5.41) is 7.16. The fourth-order valence-corrected chi connectivity index (χ4v) is 0.196. The van der Waals surface area contributed by atoms with Crippen LogP contribution in [0.15, 0.2) is 34.8 Å². The van der Waals surface area contributed by atoms with Crippen LogP contribution in [0.2, 0.25) is 0 Å². The van der Waals surface area contributed by atoms with Crippen molar-refractivity contribution in [3.8, 4) is 0 Å². The van der Waals surface area contributed by atoms with Crippen LogP contribution >= 0.6 is 0 Å². The minimum Gasteiger partial charge on any atom is -0.160 e. The lowest BCUT2D eigenvalue weighted by molar-refractivity contribution is 1.19. The van der Waals surface area contributed by atoms with Gasteiger partial charge in [-0.3, -0.25) is 0 Å². The third-order valence-corrected chi connectivity index (χ3v) is 0.464. The van der Waals surface area contributed by atoms with Crippen molar-refractivity contribution >= 4 is 0 Å². The molecule has 8 heavy (non-hydrogen) atoms. The standard InChI is InChI=1S/C6H10N2/c1-4-7-8-5-6(2)3/h4-5H,1H2,2-3H3. The Hall–Kier alpha value is -0.920. The van der Waals surface area contributed by atoms with Crippen LogP contribution in [-0.4, -0.2) is 0 Å². The first-order valence-corrected chi connectivity index (χ1v) is 2.41. The number of hydrogen-bond acceptors (Lipinski definition) is 2. The van der Waals surface area contributed by atoms with Crippen LogP contribution in [-0.2, 0) is 0 Å². The average Bonchev–Trinajstić information content (AvgIpc) is 1.66. The number of rotatable bonds is 2. The van der Waals surface area contributed by atoms with Crippen LogP contribution in [0.4, 0.5) is 0 Å². The predicted octanol–water partition coefficient (Wildman–Crippen LogP) is 2.51. The van der Waals surface area contributed by atoms with Crippen molar-refractivity contribution in [2.24, 2.45) is 10.2 Å². The van der Waals surface area contributed by atoms with Crippen molar-refractivity contribution in [3.05, 3.63) is 24.6 Å². The molecule has 0 saturated carbocycles. The van der Waals surface area contributed by atoms with Crippen molar-refractivity contribution in [2.45, 2.75) is 13.8 Å². The first kappa shape index (κ1) is 7.08. The highest BCUT2D eigenvalue weighted by Gasteiger charge is 1.67. The maximum absolute atomic E-state index is 3.63. The molecule has 0 heterocycles. The minimum atomic E-state index is 1.13. The molecule has 0 amide bonds. The van der Waals surface area contributed by atoms with Crippen LogP contribution < -0.4 is 0 Å². The number of nitrogens with zero attached hydrogens (tertiary/aromatic N) is 2. The van der Waals surface area contributed by atoms with Crippen molar-refractivity contribution in [1.82, 2.24) is 0 Å². The molecular formula is C6H10N2. The van der Waals surface area contributed by atoms with Gasteiger partial charge < -0.3 is 0 Å². The summed E-state index contributed by atoms with van der Waals surface area (Å²) < 4.78 is 0. The molecule has 0 fully saturated rings. The van der Waals surface area contributed by atoms with Gasteiger partial charge in [-0.1, -0.05) is 12.2 Å². The summed E-state index contributed by atoms with van der Waals surface area (Å²) in [6.45, 7) is 7.29. The number of allylic oxidation sites excluding steroid dienone is 1. The van der Waals surface area contributed by atoms with E-state index in [0.717, 1.165) is 5.57 Å². The third-order valence-electron chi connectivity index (χ3n) is 0.464. The molecule has 0 aliphatic rings. The molecule has 0 aliphatic heterocycles. The summed E-state index contributed by atoms with van der Waals surface area (Å²) in [7, 11) is 0. The molecule has 0 bridgehead atoms. The van der Waals surface area contributed by atoms with E-state index >= 15 is 0 Å². The molecule has 0 N–H and O–H groups in total. The summed E-state index contributed by atoms with van der Waals surface area (Å²) in [6.07, 6.45) is 3.08.